The minimum atomic E-state index is -3.46. The first-order chi connectivity index (χ1) is 19.0. The number of hydrogen-bond donors (Lipinski definition) is 1. The van der Waals surface area contributed by atoms with Crippen LogP contribution in [0.1, 0.15) is 35.5 Å². The molecule has 0 saturated carbocycles. The Kier molecular flexibility index (Phi) is 7.52. The van der Waals surface area contributed by atoms with Crippen molar-refractivity contribution in [3.8, 4) is 11.4 Å². The van der Waals surface area contributed by atoms with E-state index in [1.54, 1.807) is 37.4 Å². The van der Waals surface area contributed by atoms with Gasteiger partial charge in [-0.3, -0.25) is 9.78 Å². The molecule has 1 aliphatic heterocycles. The zero-order valence-electron chi connectivity index (χ0n) is 22.7. The summed E-state index contributed by atoms with van der Waals surface area (Å²) in [5.74, 6) is -0.539. The van der Waals surface area contributed by atoms with Crippen molar-refractivity contribution in [3.05, 3.63) is 77.4 Å². The number of morpholine rings is 1. The maximum Gasteiger partial charge on any atom is 0.251 e. The van der Waals surface area contributed by atoms with Gasteiger partial charge in [0.2, 0.25) is 0 Å². The van der Waals surface area contributed by atoms with Crippen LogP contribution in [0.2, 0.25) is 0 Å². The molecule has 0 unspecified atom stereocenters. The van der Waals surface area contributed by atoms with E-state index in [1.807, 2.05) is 30.9 Å². The summed E-state index contributed by atoms with van der Waals surface area (Å²) in [5.41, 5.74) is 3.16. The number of benzene rings is 1. The number of fused-ring (bicyclic) bond motifs is 1. The fourth-order valence-corrected chi connectivity index (χ4v) is 5.85. The lowest BCUT2D eigenvalue weighted by molar-refractivity contribution is -0.00564. The van der Waals surface area contributed by atoms with E-state index in [9.17, 15) is 17.6 Å². The highest BCUT2D eigenvalue weighted by Gasteiger charge is 2.25. The largest absolute Gasteiger partial charge is 0.372 e. The van der Waals surface area contributed by atoms with Crippen molar-refractivity contribution >= 4 is 32.5 Å². The third-order valence-corrected chi connectivity index (χ3v) is 7.96. The Labute approximate surface area is 232 Å². The van der Waals surface area contributed by atoms with Crippen molar-refractivity contribution in [2.75, 3.05) is 24.2 Å². The van der Waals surface area contributed by atoms with Crippen LogP contribution in [-0.4, -0.2) is 60.8 Å². The number of ether oxygens (including phenoxy) is 1. The molecule has 0 spiro atoms. The Morgan fingerprint density at radius 1 is 1.05 bits per heavy atom. The van der Waals surface area contributed by atoms with E-state index < -0.39 is 21.6 Å². The third kappa shape index (κ3) is 5.95. The average Bonchev–Trinajstić information content (AvgIpc) is 2.90. The molecule has 11 heteroatoms. The molecule has 0 bridgehead atoms. The summed E-state index contributed by atoms with van der Waals surface area (Å²) in [4.78, 5) is 28.5. The topological polar surface area (TPSA) is 114 Å². The number of halogens is 1. The van der Waals surface area contributed by atoms with Gasteiger partial charge in [-0.15, -0.1) is 0 Å². The van der Waals surface area contributed by atoms with E-state index in [4.69, 9.17) is 9.72 Å². The van der Waals surface area contributed by atoms with Gasteiger partial charge in [0.05, 0.1) is 46.2 Å². The van der Waals surface area contributed by atoms with Crippen LogP contribution < -0.4 is 10.2 Å². The van der Waals surface area contributed by atoms with Gasteiger partial charge < -0.3 is 15.0 Å². The standard InChI is InChI=1S/C29H30FN5O4S/c1-17-5-6-20(11-27(17)40(4,37)38)29(36)32-14-22-12-26-21(13-31-22)7-9-24(33-26)25-10-8-23(30)28(34-25)35-15-18(2)39-19(3)16-35/h5-13,18-19H,14-16H2,1-4H3,(H,32,36)/t18-,19+. The zero-order chi connectivity index (χ0) is 28.6. The summed E-state index contributed by atoms with van der Waals surface area (Å²) >= 11 is 0. The summed E-state index contributed by atoms with van der Waals surface area (Å²) in [6.07, 6.45) is 2.71. The highest BCUT2D eigenvalue weighted by Crippen LogP contribution is 2.26. The highest BCUT2D eigenvalue weighted by molar-refractivity contribution is 7.90. The molecule has 1 saturated heterocycles. The average molecular weight is 564 g/mol. The van der Waals surface area contributed by atoms with Crippen LogP contribution >= 0.6 is 0 Å². The lowest BCUT2D eigenvalue weighted by atomic mass is 10.1. The van der Waals surface area contributed by atoms with E-state index in [0.29, 0.717) is 41.3 Å². The number of hydrogen-bond acceptors (Lipinski definition) is 8. The number of sulfone groups is 1. The first kappa shape index (κ1) is 27.6. The van der Waals surface area contributed by atoms with Crippen LogP contribution in [0.4, 0.5) is 10.2 Å². The fourth-order valence-electron chi connectivity index (χ4n) is 4.86. The smallest absolute Gasteiger partial charge is 0.251 e. The van der Waals surface area contributed by atoms with Gasteiger partial charge in [0.1, 0.15) is 0 Å². The van der Waals surface area contributed by atoms with E-state index in [2.05, 4.69) is 15.3 Å². The van der Waals surface area contributed by atoms with Crippen LogP contribution in [0, 0.1) is 12.7 Å². The summed E-state index contributed by atoms with van der Waals surface area (Å²) in [5, 5.41) is 3.59. The second kappa shape index (κ2) is 10.9. The van der Waals surface area contributed by atoms with E-state index in [1.165, 1.54) is 12.1 Å². The number of rotatable bonds is 6. The van der Waals surface area contributed by atoms with E-state index in [0.717, 1.165) is 11.6 Å². The van der Waals surface area contributed by atoms with Gasteiger partial charge in [-0.05, 0) is 68.8 Å². The van der Waals surface area contributed by atoms with Crippen molar-refractivity contribution in [2.24, 2.45) is 0 Å². The van der Waals surface area contributed by atoms with Gasteiger partial charge >= 0.3 is 0 Å². The van der Waals surface area contributed by atoms with Crippen LogP contribution in [0.15, 0.2) is 59.6 Å². The summed E-state index contributed by atoms with van der Waals surface area (Å²) in [7, 11) is -3.46. The molecule has 3 aromatic heterocycles. The number of nitrogens with zero attached hydrogens (tertiary/aromatic N) is 4. The van der Waals surface area contributed by atoms with Gasteiger partial charge in [-0.2, -0.15) is 0 Å². The summed E-state index contributed by atoms with van der Waals surface area (Å²) in [6, 6.07) is 13.0. The second-order valence-electron chi connectivity index (χ2n) is 10.2. The Morgan fingerprint density at radius 2 is 1.75 bits per heavy atom. The maximum absolute atomic E-state index is 14.8. The first-order valence-corrected chi connectivity index (χ1v) is 14.8. The van der Waals surface area contributed by atoms with Crippen molar-refractivity contribution < 1.29 is 22.3 Å². The predicted molar refractivity (Wildman–Crippen MR) is 150 cm³/mol. The van der Waals surface area contributed by atoms with Gasteiger partial charge in [-0.1, -0.05) is 6.07 Å². The van der Waals surface area contributed by atoms with Crippen molar-refractivity contribution in [3.63, 3.8) is 0 Å². The van der Waals surface area contributed by atoms with Gasteiger partial charge in [-0.25, -0.2) is 22.8 Å². The summed E-state index contributed by atoms with van der Waals surface area (Å²) in [6.45, 7) is 6.80. The number of anilines is 1. The number of pyridine rings is 3. The lowest BCUT2D eigenvalue weighted by Gasteiger charge is -2.36. The quantitative estimate of drug-likeness (QED) is 0.373. The second-order valence-corrected chi connectivity index (χ2v) is 12.1. The molecule has 1 aromatic carbocycles. The number of carbonyl (C=O) groups is 1. The number of amides is 1. The minimum absolute atomic E-state index is 0.0356. The number of carbonyl (C=O) groups excluding carboxylic acids is 1. The van der Waals surface area contributed by atoms with Crippen molar-refractivity contribution in [1.82, 2.24) is 20.3 Å². The van der Waals surface area contributed by atoms with Crippen LogP contribution in [0.25, 0.3) is 22.3 Å². The fraction of sp³-hybridized carbons (Fsp3) is 0.310. The minimum Gasteiger partial charge on any atom is -0.372 e. The number of aromatic nitrogens is 3. The highest BCUT2D eigenvalue weighted by atomic mass is 32.2. The molecular weight excluding hydrogens is 533 g/mol. The maximum atomic E-state index is 14.8. The van der Waals surface area contributed by atoms with Crippen LogP contribution in [0.5, 0.6) is 0 Å². The SMILES string of the molecule is Cc1ccc(C(=O)NCc2cc3nc(-c4ccc(F)c(N5C[C@@H](C)O[C@@H](C)C5)n4)ccc3cn2)cc1S(C)(=O)=O. The van der Waals surface area contributed by atoms with Crippen LogP contribution in [-0.2, 0) is 21.1 Å². The molecule has 0 aliphatic carbocycles. The van der Waals surface area contributed by atoms with E-state index in [-0.39, 0.29) is 35.0 Å². The third-order valence-electron chi connectivity index (χ3n) is 6.72. The van der Waals surface area contributed by atoms with Crippen molar-refractivity contribution in [1.29, 1.82) is 0 Å². The lowest BCUT2D eigenvalue weighted by Crippen LogP contribution is -2.46. The Balaban J connectivity index is 1.36. The normalized spacial score (nSPS) is 17.7. The Morgan fingerprint density at radius 3 is 2.48 bits per heavy atom. The molecule has 4 aromatic rings. The molecule has 1 fully saturated rings. The van der Waals surface area contributed by atoms with Crippen LogP contribution in [0.3, 0.4) is 0 Å². The van der Waals surface area contributed by atoms with Crippen molar-refractivity contribution in [2.45, 2.75) is 44.4 Å². The molecule has 1 aliphatic rings. The zero-order valence-corrected chi connectivity index (χ0v) is 23.5. The molecular formula is C29H30FN5O4S. The Hall–Kier alpha value is -3.96. The summed E-state index contributed by atoms with van der Waals surface area (Å²) < 4.78 is 44.6. The molecule has 0 radical (unpaired) electrons. The number of aryl methyl sites for hydroxylation is 1. The van der Waals surface area contributed by atoms with Gasteiger partial charge in [0.25, 0.3) is 5.91 Å². The molecule has 40 heavy (non-hydrogen) atoms. The predicted octanol–water partition coefficient (Wildman–Crippen LogP) is 4.09. The molecule has 1 amide bonds. The first-order valence-electron chi connectivity index (χ1n) is 12.9. The van der Waals surface area contributed by atoms with Gasteiger partial charge in [0, 0.05) is 36.5 Å². The van der Waals surface area contributed by atoms with E-state index >= 15 is 0 Å². The number of nitrogens with one attached hydrogen (secondary N) is 1. The monoisotopic (exact) mass is 563 g/mol. The molecule has 9 nitrogen and oxygen atoms in total. The molecule has 4 heterocycles. The Bertz CT molecular complexity index is 1700. The molecule has 2 atom stereocenters. The molecule has 208 valence electrons. The molecule has 5 rings (SSSR count). The van der Waals surface area contributed by atoms with Gasteiger partial charge in [0.15, 0.2) is 21.5 Å². The molecule has 1 N–H and O–H groups in total.